The number of hydrogen-bond donors (Lipinski definition) is 1. The molecule has 27 heavy (non-hydrogen) atoms. The molecule has 1 amide bonds. The first-order chi connectivity index (χ1) is 11.9. The van der Waals surface area contributed by atoms with E-state index < -0.39 is 0 Å². The SMILES string of the molecule is CCOc1ccc(-c2nc(C(=O)N3CCC(N)C(C)(C)C3)cs2)cc1.Cl.Cl. The Kier molecular flexibility index (Phi) is 8.54. The lowest BCUT2D eigenvalue weighted by molar-refractivity contribution is 0.0528. The van der Waals surface area contributed by atoms with Crippen molar-refractivity contribution in [1.82, 2.24) is 9.88 Å². The monoisotopic (exact) mass is 431 g/mol. The Morgan fingerprint density at radius 3 is 2.59 bits per heavy atom. The maximum Gasteiger partial charge on any atom is 0.273 e. The summed E-state index contributed by atoms with van der Waals surface area (Å²) in [5, 5.41) is 2.69. The summed E-state index contributed by atoms with van der Waals surface area (Å²) in [6, 6.07) is 7.93. The molecule has 2 heterocycles. The molecule has 1 aromatic carbocycles. The molecule has 2 aromatic rings. The van der Waals surface area contributed by atoms with Crippen LogP contribution in [-0.2, 0) is 0 Å². The molecule has 0 aliphatic carbocycles. The summed E-state index contributed by atoms with van der Waals surface area (Å²) in [6.07, 6.45) is 0.828. The maximum absolute atomic E-state index is 12.8. The molecule has 1 aromatic heterocycles. The van der Waals surface area contributed by atoms with Crippen LogP contribution < -0.4 is 10.5 Å². The van der Waals surface area contributed by atoms with Crippen molar-refractivity contribution in [2.24, 2.45) is 11.1 Å². The molecule has 1 aliphatic heterocycles. The minimum atomic E-state index is -0.0676. The number of carbonyl (C=O) groups is 1. The standard InChI is InChI=1S/C19H25N3O2S.2ClH/c1-4-24-14-7-5-13(6-8-14)17-21-15(11-25-17)18(23)22-10-9-16(20)19(2,3)12-22;;/h5-8,11,16H,4,9-10,12,20H2,1-3H3;2*1H. The fraction of sp³-hybridized carbons (Fsp3) is 0.474. The lowest BCUT2D eigenvalue weighted by Gasteiger charge is -2.42. The number of thiazole rings is 1. The van der Waals surface area contributed by atoms with Crippen LogP contribution in [0.1, 0.15) is 37.7 Å². The van der Waals surface area contributed by atoms with Crippen molar-refractivity contribution in [3.8, 4) is 16.3 Å². The molecule has 0 bridgehead atoms. The number of aromatic nitrogens is 1. The van der Waals surface area contributed by atoms with Gasteiger partial charge in [0.2, 0.25) is 0 Å². The van der Waals surface area contributed by atoms with E-state index in [0.29, 0.717) is 25.4 Å². The predicted octanol–water partition coefficient (Wildman–Crippen LogP) is 4.25. The Morgan fingerprint density at radius 2 is 2.00 bits per heavy atom. The second-order valence-corrected chi connectivity index (χ2v) is 7.96. The Hall–Kier alpha value is -1.34. The van der Waals surface area contributed by atoms with E-state index in [-0.39, 0.29) is 42.2 Å². The van der Waals surface area contributed by atoms with E-state index in [9.17, 15) is 4.79 Å². The maximum atomic E-state index is 12.8. The molecular weight excluding hydrogens is 405 g/mol. The van der Waals surface area contributed by atoms with Gasteiger partial charge in [0.1, 0.15) is 16.5 Å². The van der Waals surface area contributed by atoms with Crippen molar-refractivity contribution in [2.75, 3.05) is 19.7 Å². The highest BCUT2D eigenvalue weighted by atomic mass is 35.5. The number of carbonyl (C=O) groups excluding carboxylic acids is 1. The number of hydrogen-bond acceptors (Lipinski definition) is 5. The molecule has 8 heteroatoms. The summed E-state index contributed by atoms with van der Waals surface area (Å²) in [5.74, 6) is 0.833. The Bertz CT molecular complexity index is 750. The van der Waals surface area contributed by atoms with Crippen LogP contribution in [0.4, 0.5) is 0 Å². The first-order valence-electron chi connectivity index (χ1n) is 8.64. The third kappa shape index (κ3) is 5.35. The summed E-state index contributed by atoms with van der Waals surface area (Å²) < 4.78 is 5.46. The number of likely N-dealkylation sites (tertiary alicyclic amines) is 1. The average Bonchev–Trinajstić information content (AvgIpc) is 3.07. The van der Waals surface area contributed by atoms with E-state index in [1.54, 1.807) is 0 Å². The topological polar surface area (TPSA) is 68.5 Å². The zero-order valence-electron chi connectivity index (χ0n) is 15.8. The van der Waals surface area contributed by atoms with Gasteiger partial charge < -0.3 is 15.4 Å². The fourth-order valence-electron chi connectivity index (χ4n) is 3.07. The summed E-state index contributed by atoms with van der Waals surface area (Å²) in [6.45, 7) is 8.20. The van der Waals surface area contributed by atoms with Crippen molar-refractivity contribution < 1.29 is 9.53 Å². The van der Waals surface area contributed by atoms with Gasteiger partial charge in [-0.3, -0.25) is 4.79 Å². The van der Waals surface area contributed by atoms with Crippen LogP contribution in [0, 0.1) is 5.41 Å². The van der Waals surface area contributed by atoms with Crippen LogP contribution in [0.25, 0.3) is 10.6 Å². The number of piperidine rings is 1. The summed E-state index contributed by atoms with van der Waals surface area (Å²) >= 11 is 1.49. The zero-order chi connectivity index (χ0) is 18.0. The molecule has 2 N–H and O–H groups in total. The highest BCUT2D eigenvalue weighted by Crippen LogP contribution is 2.30. The van der Waals surface area contributed by atoms with Gasteiger partial charge in [-0.1, -0.05) is 13.8 Å². The number of benzene rings is 1. The van der Waals surface area contributed by atoms with Gasteiger partial charge >= 0.3 is 0 Å². The molecule has 1 aliphatic rings. The molecule has 0 spiro atoms. The van der Waals surface area contributed by atoms with E-state index >= 15 is 0 Å². The third-order valence-corrected chi connectivity index (χ3v) is 5.63. The van der Waals surface area contributed by atoms with Crippen molar-refractivity contribution in [3.05, 3.63) is 35.3 Å². The van der Waals surface area contributed by atoms with E-state index in [1.165, 1.54) is 11.3 Å². The van der Waals surface area contributed by atoms with Crippen LogP contribution in [0.5, 0.6) is 5.75 Å². The van der Waals surface area contributed by atoms with E-state index in [0.717, 1.165) is 22.7 Å². The van der Waals surface area contributed by atoms with E-state index in [4.69, 9.17) is 10.5 Å². The van der Waals surface area contributed by atoms with Gasteiger partial charge in [0.05, 0.1) is 6.61 Å². The lowest BCUT2D eigenvalue weighted by atomic mass is 9.79. The van der Waals surface area contributed by atoms with Gasteiger partial charge in [0.15, 0.2) is 0 Å². The normalized spacial score (nSPS) is 18.2. The molecule has 1 fully saturated rings. The molecule has 1 atom stereocenters. The molecule has 3 rings (SSSR count). The van der Waals surface area contributed by atoms with Gasteiger partial charge in [-0.2, -0.15) is 0 Å². The van der Waals surface area contributed by atoms with Crippen molar-refractivity contribution in [2.45, 2.75) is 33.2 Å². The Morgan fingerprint density at radius 1 is 1.33 bits per heavy atom. The molecule has 0 saturated carbocycles. The number of halogens is 2. The van der Waals surface area contributed by atoms with Gasteiger partial charge in [-0.25, -0.2) is 4.98 Å². The zero-order valence-corrected chi connectivity index (χ0v) is 18.3. The van der Waals surface area contributed by atoms with Crippen LogP contribution in [0.2, 0.25) is 0 Å². The van der Waals surface area contributed by atoms with Gasteiger partial charge in [-0.15, -0.1) is 36.2 Å². The minimum absolute atomic E-state index is 0. The number of nitrogens with two attached hydrogens (primary N) is 1. The largest absolute Gasteiger partial charge is 0.494 e. The fourth-order valence-corrected chi connectivity index (χ4v) is 3.87. The second kappa shape index (κ2) is 9.73. The van der Waals surface area contributed by atoms with E-state index in [2.05, 4.69) is 18.8 Å². The molecular formula is C19H27Cl2N3O2S. The van der Waals surface area contributed by atoms with Crippen LogP contribution in [0.15, 0.2) is 29.6 Å². The minimum Gasteiger partial charge on any atom is -0.494 e. The first kappa shape index (κ1) is 23.7. The summed E-state index contributed by atoms with van der Waals surface area (Å²) in [5.41, 5.74) is 7.61. The quantitative estimate of drug-likeness (QED) is 0.784. The Balaban J connectivity index is 0.00000182. The van der Waals surface area contributed by atoms with E-state index in [1.807, 2.05) is 41.5 Å². The number of ether oxygens (including phenoxy) is 1. The summed E-state index contributed by atoms with van der Waals surface area (Å²) in [4.78, 5) is 19.2. The number of amides is 1. The van der Waals surface area contributed by atoms with Gasteiger partial charge in [-0.05, 0) is 43.0 Å². The molecule has 5 nitrogen and oxygen atoms in total. The first-order valence-corrected chi connectivity index (χ1v) is 9.52. The van der Waals surface area contributed by atoms with Crippen molar-refractivity contribution in [3.63, 3.8) is 0 Å². The van der Waals surface area contributed by atoms with Gasteiger partial charge in [0, 0.05) is 30.1 Å². The van der Waals surface area contributed by atoms with Gasteiger partial charge in [0.25, 0.3) is 5.91 Å². The predicted molar refractivity (Wildman–Crippen MR) is 115 cm³/mol. The van der Waals surface area contributed by atoms with Crippen LogP contribution in [0.3, 0.4) is 0 Å². The number of nitrogens with zero attached hydrogens (tertiary/aromatic N) is 2. The highest BCUT2D eigenvalue weighted by Gasteiger charge is 2.36. The molecule has 0 radical (unpaired) electrons. The highest BCUT2D eigenvalue weighted by molar-refractivity contribution is 7.13. The van der Waals surface area contributed by atoms with Crippen LogP contribution >= 0.6 is 36.2 Å². The lowest BCUT2D eigenvalue weighted by Crippen LogP contribution is -2.54. The van der Waals surface area contributed by atoms with Crippen LogP contribution in [-0.4, -0.2) is 41.5 Å². The smallest absolute Gasteiger partial charge is 0.273 e. The summed E-state index contributed by atoms with van der Waals surface area (Å²) in [7, 11) is 0. The number of rotatable bonds is 4. The molecule has 1 unspecified atom stereocenters. The molecule has 150 valence electrons. The average molecular weight is 432 g/mol. The van der Waals surface area contributed by atoms with Crippen molar-refractivity contribution in [1.29, 1.82) is 0 Å². The molecule has 1 saturated heterocycles. The second-order valence-electron chi connectivity index (χ2n) is 7.11. The van der Waals surface area contributed by atoms with Crippen molar-refractivity contribution >= 4 is 42.1 Å². The Labute approximate surface area is 177 Å². The third-order valence-electron chi connectivity index (χ3n) is 4.73.